The van der Waals surface area contributed by atoms with Crippen LogP contribution in [0.3, 0.4) is 0 Å². The number of ether oxygens (including phenoxy) is 1. The van der Waals surface area contributed by atoms with E-state index in [1.807, 2.05) is 30.3 Å². The molecule has 0 radical (unpaired) electrons. The van der Waals surface area contributed by atoms with Crippen molar-refractivity contribution >= 4 is 27.4 Å². The molecule has 3 rings (SSSR count). The average Bonchev–Trinajstić information content (AvgIpc) is 2.88. The number of methoxy groups -OCH3 is 1. The van der Waals surface area contributed by atoms with Crippen molar-refractivity contribution < 1.29 is 14.6 Å². The molecule has 106 valence electrons. The van der Waals surface area contributed by atoms with Gasteiger partial charge in [-0.25, -0.2) is 9.78 Å². The third-order valence-corrected chi connectivity index (χ3v) is 3.81. The standard InChI is InChI=1S/C15H11BrN2O3/c1-21-10-6-4-9(5-7-10)14-17-12(15(19)20)13-11(16)3-2-8-18(13)14/h2-8H,1H3,(H,19,20). The molecule has 6 heteroatoms. The highest BCUT2D eigenvalue weighted by atomic mass is 79.9. The second kappa shape index (κ2) is 5.21. The lowest BCUT2D eigenvalue weighted by molar-refractivity contribution is 0.0693. The van der Waals surface area contributed by atoms with Crippen molar-refractivity contribution in [3.8, 4) is 17.1 Å². The number of aromatic carboxylic acids is 1. The molecule has 0 atom stereocenters. The number of pyridine rings is 1. The van der Waals surface area contributed by atoms with Gasteiger partial charge in [-0.3, -0.25) is 4.40 Å². The van der Waals surface area contributed by atoms with Gasteiger partial charge >= 0.3 is 5.97 Å². The molecule has 2 aromatic heterocycles. The lowest BCUT2D eigenvalue weighted by Crippen LogP contribution is -1.97. The summed E-state index contributed by atoms with van der Waals surface area (Å²) in [6.45, 7) is 0. The van der Waals surface area contributed by atoms with Crippen LogP contribution in [0, 0.1) is 0 Å². The van der Waals surface area contributed by atoms with Gasteiger partial charge in [0, 0.05) is 16.2 Å². The van der Waals surface area contributed by atoms with E-state index in [9.17, 15) is 9.90 Å². The fraction of sp³-hybridized carbons (Fsp3) is 0.0667. The minimum Gasteiger partial charge on any atom is -0.497 e. The molecule has 3 aromatic rings. The number of hydrogen-bond acceptors (Lipinski definition) is 3. The van der Waals surface area contributed by atoms with Crippen molar-refractivity contribution in [2.45, 2.75) is 0 Å². The monoisotopic (exact) mass is 346 g/mol. The van der Waals surface area contributed by atoms with Gasteiger partial charge in [-0.2, -0.15) is 0 Å². The van der Waals surface area contributed by atoms with Gasteiger partial charge in [0.1, 0.15) is 11.6 Å². The maximum absolute atomic E-state index is 11.4. The Morgan fingerprint density at radius 1 is 1.29 bits per heavy atom. The molecule has 1 N–H and O–H groups in total. The number of hydrogen-bond donors (Lipinski definition) is 1. The fourth-order valence-electron chi connectivity index (χ4n) is 2.19. The average molecular weight is 347 g/mol. The van der Waals surface area contributed by atoms with Crippen LogP contribution in [-0.4, -0.2) is 27.6 Å². The normalized spacial score (nSPS) is 10.8. The summed E-state index contributed by atoms with van der Waals surface area (Å²) in [6, 6.07) is 10.9. The number of imidazole rings is 1. The maximum Gasteiger partial charge on any atom is 0.356 e. The molecule has 0 aliphatic carbocycles. The van der Waals surface area contributed by atoms with E-state index in [-0.39, 0.29) is 5.69 Å². The predicted octanol–water partition coefficient (Wildman–Crippen LogP) is 3.47. The highest BCUT2D eigenvalue weighted by Gasteiger charge is 2.19. The first-order chi connectivity index (χ1) is 10.1. The first-order valence-corrected chi connectivity index (χ1v) is 6.95. The Morgan fingerprint density at radius 2 is 2.00 bits per heavy atom. The maximum atomic E-state index is 11.4. The number of fused-ring (bicyclic) bond motifs is 1. The van der Waals surface area contributed by atoms with Crippen LogP contribution in [0.2, 0.25) is 0 Å². The van der Waals surface area contributed by atoms with Gasteiger partial charge in [0.25, 0.3) is 0 Å². The van der Waals surface area contributed by atoms with Crippen LogP contribution < -0.4 is 4.74 Å². The molecule has 0 amide bonds. The number of halogens is 1. The fourth-order valence-corrected chi connectivity index (χ4v) is 2.72. The Balaban J connectivity index is 2.27. The summed E-state index contributed by atoms with van der Waals surface area (Å²) in [4.78, 5) is 15.7. The first-order valence-electron chi connectivity index (χ1n) is 6.16. The zero-order valence-electron chi connectivity index (χ0n) is 11.1. The summed E-state index contributed by atoms with van der Waals surface area (Å²) in [5, 5.41) is 9.33. The first kappa shape index (κ1) is 13.6. The largest absolute Gasteiger partial charge is 0.497 e. The number of benzene rings is 1. The molecule has 5 nitrogen and oxygen atoms in total. The van der Waals surface area contributed by atoms with Crippen LogP contribution >= 0.6 is 15.9 Å². The Morgan fingerprint density at radius 3 is 2.62 bits per heavy atom. The molecule has 0 aliphatic rings. The Bertz CT molecular complexity index is 825. The molecule has 0 unspecified atom stereocenters. The molecular formula is C15H11BrN2O3. The number of carbonyl (C=O) groups is 1. The van der Waals surface area contributed by atoms with E-state index < -0.39 is 5.97 Å². The van der Waals surface area contributed by atoms with Gasteiger partial charge in [0.15, 0.2) is 5.69 Å². The van der Waals surface area contributed by atoms with Crippen LogP contribution in [0.25, 0.3) is 16.9 Å². The van der Waals surface area contributed by atoms with Crippen LogP contribution in [-0.2, 0) is 0 Å². The second-order valence-corrected chi connectivity index (χ2v) is 5.25. The second-order valence-electron chi connectivity index (χ2n) is 4.39. The van der Waals surface area contributed by atoms with Gasteiger partial charge in [-0.15, -0.1) is 0 Å². The van der Waals surface area contributed by atoms with E-state index >= 15 is 0 Å². The van der Waals surface area contributed by atoms with Crippen LogP contribution in [0.1, 0.15) is 10.5 Å². The van der Waals surface area contributed by atoms with Crippen molar-refractivity contribution in [1.82, 2.24) is 9.38 Å². The van der Waals surface area contributed by atoms with E-state index in [0.29, 0.717) is 15.8 Å². The third kappa shape index (κ3) is 2.27. The Hall–Kier alpha value is -2.34. The summed E-state index contributed by atoms with van der Waals surface area (Å²) in [6.07, 6.45) is 1.79. The number of carboxylic acid groups (broad SMARTS) is 1. The molecule has 1 aromatic carbocycles. The van der Waals surface area contributed by atoms with Crippen molar-refractivity contribution in [2.75, 3.05) is 7.11 Å². The van der Waals surface area contributed by atoms with Gasteiger partial charge in [-0.05, 0) is 52.3 Å². The molecule has 0 saturated heterocycles. The molecule has 2 heterocycles. The number of carboxylic acids is 1. The minimum atomic E-state index is -1.06. The molecule has 0 aliphatic heterocycles. The third-order valence-electron chi connectivity index (χ3n) is 3.17. The molecule has 0 saturated carbocycles. The van der Waals surface area contributed by atoms with Crippen molar-refractivity contribution in [3.63, 3.8) is 0 Å². The predicted molar refractivity (Wildman–Crippen MR) is 81.8 cm³/mol. The molecular weight excluding hydrogens is 336 g/mol. The van der Waals surface area contributed by atoms with E-state index in [1.54, 1.807) is 23.8 Å². The summed E-state index contributed by atoms with van der Waals surface area (Å²) in [5.41, 5.74) is 1.38. The lowest BCUT2D eigenvalue weighted by Gasteiger charge is -2.03. The van der Waals surface area contributed by atoms with Crippen LogP contribution in [0.15, 0.2) is 47.1 Å². The number of aromatic nitrogens is 2. The van der Waals surface area contributed by atoms with Gasteiger partial charge in [-0.1, -0.05) is 0 Å². The summed E-state index contributed by atoms with van der Waals surface area (Å²) < 4.78 is 7.58. The topological polar surface area (TPSA) is 63.8 Å². The van der Waals surface area contributed by atoms with E-state index in [2.05, 4.69) is 20.9 Å². The van der Waals surface area contributed by atoms with E-state index in [0.717, 1.165) is 11.3 Å². The Kier molecular flexibility index (Phi) is 3.39. The number of rotatable bonds is 3. The summed E-state index contributed by atoms with van der Waals surface area (Å²) >= 11 is 3.38. The van der Waals surface area contributed by atoms with Gasteiger partial charge in [0.05, 0.1) is 12.6 Å². The van der Waals surface area contributed by atoms with Gasteiger partial charge in [0.2, 0.25) is 0 Å². The quantitative estimate of drug-likeness (QED) is 0.788. The zero-order chi connectivity index (χ0) is 15.0. The molecule has 21 heavy (non-hydrogen) atoms. The molecule has 0 spiro atoms. The van der Waals surface area contributed by atoms with Gasteiger partial charge < -0.3 is 9.84 Å². The van der Waals surface area contributed by atoms with Crippen LogP contribution in [0.5, 0.6) is 5.75 Å². The SMILES string of the molecule is COc1ccc(-c2nc(C(=O)O)c3c(Br)cccn23)cc1. The van der Waals surface area contributed by atoms with Crippen molar-refractivity contribution in [1.29, 1.82) is 0 Å². The zero-order valence-corrected chi connectivity index (χ0v) is 12.7. The highest BCUT2D eigenvalue weighted by Crippen LogP contribution is 2.28. The van der Waals surface area contributed by atoms with Crippen molar-refractivity contribution in [2.24, 2.45) is 0 Å². The number of nitrogens with zero attached hydrogens (tertiary/aromatic N) is 2. The smallest absolute Gasteiger partial charge is 0.356 e. The summed E-state index contributed by atoms with van der Waals surface area (Å²) in [7, 11) is 1.60. The molecule has 0 bridgehead atoms. The summed E-state index contributed by atoms with van der Waals surface area (Å²) in [5.74, 6) is 0.254. The van der Waals surface area contributed by atoms with Crippen molar-refractivity contribution in [3.05, 3.63) is 52.8 Å². The lowest BCUT2D eigenvalue weighted by atomic mass is 10.2. The molecule has 0 fully saturated rings. The van der Waals surface area contributed by atoms with E-state index in [1.165, 1.54) is 0 Å². The Labute approximate surface area is 128 Å². The van der Waals surface area contributed by atoms with Crippen LogP contribution in [0.4, 0.5) is 0 Å². The highest BCUT2D eigenvalue weighted by molar-refractivity contribution is 9.10. The van der Waals surface area contributed by atoms with E-state index in [4.69, 9.17) is 4.74 Å². The minimum absolute atomic E-state index is 0.0216.